The summed E-state index contributed by atoms with van der Waals surface area (Å²) in [6, 6.07) is 4.52. The zero-order chi connectivity index (χ0) is 17.2. The lowest BCUT2D eigenvalue weighted by atomic mass is 9.99. The van der Waals surface area contributed by atoms with Crippen LogP contribution in [0.15, 0.2) is 18.2 Å². The van der Waals surface area contributed by atoms with Crippen LogP contribution in [-0.2, 0) is 4.74 Å². The van der Waals surface area contributed by atoms with Crippen LogP contribution < -0.4 is 10.1 Å². The molecule has 0 bridgehead atoms. The Bertz CT molecular complexity index is 708. The third kappa shape index (κ3) is 4.53. The monoisotopic (exact) mass is 358 g/mol. The van der Waals surface area contributed by atoms with Gasteiger partial charge in [-0.05, 0) is 32.4 Å². The molecule has 0 aliphatic heterocycles. The summed E-state index contributed by atoms with van der Waals surface area (Å²) in [5, 5.41) is 23.7. The molecule has 0 amide bonds. The molecule has 0 saturated heterocycles. The van der Waals surface area contributed by atoms with Crippen molar-refractivity contribution in [2.24, 2.45) is 0 Å². The fraction of sp³-hybridized carbons (Fsp3) is 0.438. The minimum atomic E-state index is -0.857. The van der Waals surface area contributed by atoms with Crippen molar-refractivity contribution in [1.29, 1.82) is 0 Å². The van der Waals surface area contributed by atoms with Crippen molar-refractivity contribution in [3.63, 3.8) is 0 Å². The van der Waals surface area contributed by atoms with Crippen LogP contribution in [0, 0.1) is 0 Å². The maximum atomic E-state index is 11.2. The zero-order valence-electron chi connectivity index (χ0n) is 14.0. The number of H-pyrrole nitrogens is 1. The predicted octanol–water partition coefficient (Wildman–Crippen LogP) is 2.86. The molecule has 0 spiro atoms. The van der Waals surface area contributed by atoms with E-state index in [1.807, 2.05) is 20.8 Å². The quantitative estimate of drug-likeness (QED) is 0.626. The Morgan fingerprint density at radius 1 is 1.38 bits per heavy atom. The number of aliphatic hydroxyl groups is 1. The summed E-state index contributed by atoms with van der Waals surface area (Å²) >= 11 is 0. The minimum absolute atomic E-state index is 0. The maximum Gasteiger partial charge on any atom is 0.514 e. The van der Waals surface area contributed by atoms with E-state index in [2.05, 4.69) is 15.0 Å². The minimum Gasteiger partial charge on any atom is -0.506 e. The Kier molecular flexibility index (Phi) is 6.48. The van der Waals surface area contributed by atoms with Crippen LogP contribution in [0.1, 0.15) is 32.4 Å². The Hall–Kier alpha value is -1.96. The smallest absolute Gasteiger partial charge is 0.506 e. The molecular formula is C16H23ClN2O5. The number of aromatic nitrogens is 1. The molecule has 2 rings (SSSR count). The Labute approximate surface area is 146 Å². The Morgan fingerprint density at radius 3 is 2.58 bits per heavy atom. The van der Waals surface area contributed by atoms with E-state index in [-0.39, 0.29) is 42.2 Å². The number of fused-ring (bicyclic) bond motifs is 1. The van der Waals surface area contributed by atoms with Crippen molar-refractivity contribution in [3.8, 4) is 11.6 Å². The van der Waals surface area contributed by atoms with Crippen LogP contribution in [0.4, 0.5) is 4.79 Å². The van der Waals surface area contributed by atoms with E-state index >= 15 is 0 Å². The highest BCUT2D eigenvalue weighted by Crippen LogP contribution is 2.34. The SMILES string of the molecule is COC(=O)Oc1cc2c(C(CO)NC(C)(C)C)ccc(O)c2[nH]1.Cl. The standard InChI is InChI=1S/C16H22N2O5.ClH/c1-16(2,3)18-11(8-19)9-5-6-12(20)14-10(9)7-13(17-14)23-15(21)22-4;/h5-7,11,17-20H,8H2,1-4H3;1H. The van der Waals surface area contributed by atoms with Gasteiger partial charge >= 0.3 is 6.16 Å². The predicted molar refractivity (Wildman–Crippen MR) is 93.0 cm³/mol. The number of aromatic amines is 1. The highest BCUT2D eigenvalue weighted by molar-refractivity contribution is 5.90. The van der Waals surface area contributed by atoms with Crippen molar-refractivity contribution >= 4 is 29.5 Å². The van der Waals surface area contributed by atoms with Gasteiger partial charge in [0.2, 0.25) is 5.88 Å². The zero-order valence-corrected chi connectivity index (χ0v) is 14.9. The van der Waals surface area contributed by atoms with Gasteiger partial charge in [0.15, 0.2) is 0 Å². The summed E-state index contributed by atoms with van der Waals surface area (Å²) in [6.07, 6.45) is -0.857. The molecule has 0 aliphatic carbocycles. The summed E-state index contributed by atoms with van der Waals surface area (Å²) in [6.45, 7) is 5.87. The van der Waals surface area contributed by atoms with E-state index in [9.17, 15) is 15.0 Å². The molecule has 1 aromatic heterocycles. The average Bonchev–Trinajstić information content (AvgIpc) is 2.88. The summed E-state index contributed by atoms with van der Waals surface area (Å²) in [7, 11) is 1.21. The first kappa shape index (κ1) is 20.1. The number of aromatic hydroxyl groups is 1. The molecule has 0 radical (unpaired) electrons. The molecule has 4 N–H and O–H groups in total. The molecule has 2 aromatic rings. The fourth-order valence-electron chi connectivity index (χ4n) is 2.44. The first-order valence-corrected chi connectivity index (χ1v) is 7.24. The summed E-state index contributed by atoms with van der Waals surface area (Å²) < 4.78 is 9.41. The van der Waals surface area contributed by atoms with Crippen LogP contribution in [0.5, 0.6) is 11.6 Å². The number of benzene rings is 1. The third-order valence-electron chi connectivity index (χ3n) is 3.31. The van der Waals surface area contributed by atoms with E-state index in [4.69, 9.17) is 4.74 Å². The number of aliphatic hydroxyl groups excluding tert-OH is 1. The lowest BCUT2D eigenvalue weighted by Gasteiger charge is -2.28. The lowest BCUT2D eigenvalue weighted by Crippen LogP contribution is -2.40. The summed E-state index contributed by atoms with van der Waals surface area (Å²) in [4.78, 5) is 14.1. The molecule has 1 heterocycles. The van der Waals surface area contributed by atoms with Crippen LogP contribution in [0.25, 0.3) is 10.9 Å². The van der Waals surface area contributed by atoms with Gasteiger partial charge in [-0.25, -0.2) is 4.79 Å². The normalized spacial score (nSPS) is 12.5. The molecule has 0 saturated carbocycles. The van der Waals surface area contributed by atoms with E-state index < -0.39 is 6.16 Å². The highest BCUT2D eigenvalue weighted by atomic mass is 35.5. The number of phenolic OH excluding ortho intramolecular Hbond substituents is 1. The summed E-state index contributed by atoms with van der Waals surface area (Å²) in [5.41, 5.74) is 1.00. The number of rotatable bonds is 4. The van der Waals surface area contributed by atoms with E-state index in [1.165, 1.54) is 13.2 Å². The Morgan fingerprint density at radius 2 is 2.04 bits per heavy atom. The lowest BCUT2D eigenvalue weighted by molar-refractivity contribution is 0.120. The number of hydrogen-bond donors (Lipinski definition) is 4. The highest BCUT2D eigenvalue weighted by Gasteiger charge is 2.22. The number of ether oxygens (including phenoxy) is 2. The first-order chi connectivity index (χ1) is 10.7. The molecule has 1 unspecified atom stereocenters. The van der Waals surface area contributed by atoms with Crippen molar-refractivity contribution in [1.82, 2.24) is 10.3 Å². The number of phenols is 1. The molecule has 8 heteroatoms. The van der Waals surface area contributed by atoms with Gasteiger partial charge in [-0.3, -0.25) is 0 Å². The molecular weight excluding hydrogens is 336 g/mol. The van der Waals surface area contributed by atoms with Gasteiger partial charge in [-0.2, -0.15) is 0 Å². The van der Waals surface area contributed by atoms with Crippen molar-refractivity contribution in [2.75, 3.05) is 13.7 Å². The van der Waals surface area contributed by atoms with Crippen molar-refractivity contribution < 1.29 is 24.5 Å². The number of carbonyl (C=O) groups excluding carboxylic acids is 1. The second-order valence-electron chi connectivity index (χ2n) is 6.28. The van der Waals surface area contributed by atoms with Crippen LogP contribution in [0.3, 0.4) is 0 Å². The molecule has 134 valence electrons. The van der Waals surface area contributed by atoms with E-state index in [1.54, 1.807) is 12.1 Å². The van der Waals surface area contributed by atoms with Crippen LogP contribution >= 0.6 is 12.4 Å². The van der Waals surface area contributed by atoms with Crippen molar-refractivity contribution in [2.45, 2.75) is 32.4 Å². The topological polar surface area (TPSA) is 104 Å². The molecule has 7 nitrogen and oxygen atoms in total. The number of nitrogens with one attached hydrogen (secondary N) is 2. The number of halogens is 1. The van der Waals surface area contributed by atoms with Crippen molar-refractivity contribution in [3.05, 3.63) is 23.8 Å². The molecule has 1 atom stereocenters. The number of carbonyl (C=O) groups is 1. The average molecular weight is 359 g/mol. The Balaban J connectivity index is 0.00000288. The second-order valence-corrected chi connectivity index (χ2v) is 6.28. The molecule has 0 aliphatic rings. The van der Waals surface area contributed by atoms with Gasteiger partial charge in [0.05, 0.1) is 25.3 Å². The maximum absolute atomic E-state index is 11.2. The van der Waals surface area contributed by atoms with Gasteiger partial charge < -0.3 is 30.0 Å². The van der Waals surface area contributed by atoms with Crippen LogP contribution in [-0.4, -0.2) is 40.6 Å². The second kappa shape index (κ2) is 7.74. The molecule has 24 heavy (non-hydrogen) atoms. The van der Waals surface area contributed by atoms with Crippen LogP contribution in [0.2, 0.25) is 0 Å². The van der Waals surface area contributed by atoms with Gasteiger partial charge in [-0.15, -0.1) is 12.4 Å². The number of methoxy groups -OCH3 is 1. The van der Waals surface area contributed by atoms with E-state index in [0.717, 1.165) is 5.56 Å². The van der Waals surface area contributed by atoms with Gasteiger partial charge in [0, 0.05) is 17.0 Å². The van der Waals surface area contributed by atoms with E-state index in [0.29, 0.717) is 10.9 Å². The molecule has 0 fully saturated rings. The third-order valence-corrected chi connectivity index (χ3v) is 3.31. The van der Waals surface area contributed by atoms with Gasteiger partial charge in [0.1, 0.15) is 5.75 Å². The first-order valence-electron chi connectivity index (χ1n) is 7.24. The largest absolute Gasteiger partial charge is 0.514 e. The van der Waals surface area contributed by atoms with Gasteiger partial charge in [-0.1, -0.05) is 6.07 Å². The number of hydrogen-bond acceptors (Lipinski definition) is 6. The summed E-state index contributed by atoms with van der Waals surface area (Å²) in [5.74, 6) is 0.179. The fourth-order valence-corrected chi connectivity index (χ4v) is 2.44. The van der Waals surface area contributed by atoms with Gasteiger partial charge in [0.25, 0.3) is 0 Å². The molecule has 1 aromatic carbocycles.